The van der Waals surface area contributed by atoms with Crippen molar-refractivity contribution in [2.24, 2.45) is 0 Å². The molecule has 12 heteroatoms. The highest BCUT2D eigenvalue weighted by molar-refractivity contribution is 7.92. The molecule has 0 heterocycles. The summed E-state index contributed by atoms with van der Waals surface area (Å²) in [6.07, 6.45) is 0.274. The number of nitrogens with one attached hydrogen (secondary N) is 1. The normalized spacial score (nSPS) is 12.1. The summed E-state index contributed by atoms with van der Waals surface area (Å²) in [5, 5.41) is 3.85. The molecule has 1 atom stereocenters. The highest BCUT2D eigenvalue weighted by Gasteiger charge is 2.34. The van der Waals surface area contributed by atoms with Crippen molar-refractivity contribution in [2.45, 2.75) is 44.7 Å². The van der Waals surface area contributed by atoms with Gasteiger partial charge in [-0.3, -0.25) is 13.9 Å². The predicted octanol–water partition coefficient (Wildman–Crippen LogP) is 6.75. The van der Waals surface area contributed by atoms with Gasteiger partial charge in [-0.2, -0.15) is 0 Å². The Morgan fingerprint density at radius 2 is 1.50 bits per heavy atom. The number of amides is 2. The third-order valence-electron chi connectivity index (χ3n) is 6.12. The predicted molar refractivity (Wildman–Crippen MR) is 162 cm³/mol. The molecule has 0 aliphatic rings. The zero-order chi connectivity index (χ0) is 29.6. The summed E-state index contributed by atoms with van der Waals surface area (Å²) in [5.74, 6) is -1.00. The summed E-state index contributed by atoms with van der Waals surface area (Å²) >= 11 is 24.9. The van der Waals surface area contributed by atoms with Crippen LogP contribution in [0.3, 0.4) is 0 Å². The van der Waals surface area contributed by atoms with Crippen LogP contribution < -0.4 is 9.62 Å². The molecule has 0 bridgehead atoms. The van der Waals surface area contributed by atoms with E-state index in [0.29, 0.717) is 22.2 Å². The van der Waals surface area contributed by atoms with Gasteiger partial charge in [-0.15, -0.1) is 0 Å². The standard InChI is InChI=1S/C28H29Cl4N3O4S/c1-4-26(28(37)33-5-2)34(16-19-8-9-20(29)15-25(19)32)27(36)17-35(23-13-21(30)12-22(31)14-23)40(38,39)24-10-6-18(3)7-11-24/h6-15,26H,4-5,16-17H2,1-3H3,(H,33,37)/t26-/m1/s1. The van der Waals surface area contributed by atoms with Crippen LogP contribution >= 0.6 is 46.4 Å². The van der Waals surface area contributed by atoms with Crippen molar-refractivity contribution in [3.05, 3.63) is 91.9 Å². The lowest BCUT2D eigenvalue weighted by Crippen LogP contribution is -2.52. The maximum atomic E-state index is 14.0. The van der Waals surface area contributed by atoms with E-state index < -0.39 is 28.5 Å². The minimum Gasteiger partial charge on any atom is -0.355 e. The first-order valence-electron chi connectivity index (χ1n) is 12.4. The molecule has 214 valence electrons. The Labute approximate surface area is 255 Å². The molecule has 0 aliphatic heterocycles. The lowest BCUT2D eigenvalue weighted by Gasteiger charge is -2.33. The monoisotopic (exact) mass is 643 g/mol. The first-order chi connectivity index (χ1) is 18.9. The van der Waals surface area contributed by atoms with Crippen LogP contribution in [0.1, 0.15) is 31.4 Å². The number of anilines is 1. The number of benzene rings is 3. The molecule has 0 aliphatic carbocycles. The summed E-state index contributed by atoms with van der Waals surface area (Å²) in [7, 11) is -4.26. The second kappa shape index (κ2) is 13.9. The van der Waals surface area contributed by atoms with Crippen molar-refractivity contribution in [1.29, 1.82) is 0 Å². The number of sulfonamides is 1. The van der Waals surface area contributed by atoms with Crippen molar-refractivity contribution >= 4 is 73.9 Å². The summed E-state index contributed by atoms with van der Waals surface area (Å²) < 4.78 is 28.8. The van der Waals surface area contributed by atoms with E-state index in [2.05, 4.69) is 5.32 Å². The Kier molecular flexibility index (Phi) is 11.1. The van der Waals surface area contributed by atoms with Gasteiger partial charge >= 0.3 is 0 Å². The molecule has 3 aromatic carbocycles. The lowest BCUT2D eigenvalue weighted by atomic mass is 10.1. The van der Waals surface area contributed by atoms with Gasteiger partial charge in [-0.25, -0.2) is 8.42 Å². The average Bonchev–Trinajstić information content (AvgIpc) is 2.88. The first kappa shape index (κ1) is 32.0. The van der Waals surface area contributed by atoms with E-state index >= 15 is 0 Å². The molecule has 3 rings (SSSR count). The Bertz CT molecular complexity index is 1460. The highest BCUT2D eigenvalue weighted by atomic mass is 35.5. The number of carbonyl (C=O) groups is 2. The quantitative estimate of drug-likeness (QED) is 0.250. The number of nitrogens with zero attached hydrogens (tertiary/aromatic N) is 2. The van der Waals surface area contributed by atoms with Gasteiger partial charge in [0.25, 0.3) is 10.0 Å². The smallest absolute Gasteiger partial charge is 0.264 e. The second-order valence-electron chi connectivity index (χ2n) is 9.03. The fourth-order valence-corrected chi connectivity index (χ4v) is 6.48. The van der Waals surface area contributed by atoms with Crippen LogP contribution in [0.4, 0.5) is 5.69 Å². The average molecular weight is 645 g/mol. The SMILES string of the molecule is CCNC(=O)[C@@H](CC)N(Cc1ccc(Cl)cc1Cl)C(=O)CN(c1cc(Cl)cc(Cl)c1)S(=O)(=O)c1ccc(C)cc1. The van der Waals surface area contributed by atoms with Gasteiger partial charge < -0.3 is 10.2 Å². The van der Waals surface area contributed by atoms with Crippen molar-refractivity contribution < 1.29 is 18.0 Å². The van der Waals surface area contributed by atoms with Crippen molar-refractivity contribution in [1.82, 2.24) is 10.2 Å². The van der Waals surface area contributed by atoms with Crippen LogP contribution in [-0.2, 0) is 26.2 Å². The fraction of sp³-hybridized carbons (Fsp3) is 0.286. The zero-order valence-electron chi connectivity index (χ0n) is 22.1. The van der Waals surface area contributed by atoms with E-state index in [1.165, 1.54) is 41.3 Å². The molecule has 2 amide bonds. The minimum atomic E-state index is -4.26. The molecule has 0 saturated heterocycles. The van der Waals surface area contributed by atoms with Crippen LogP contribution in [0, 0.1) is 6.92 Å². The van der Waals surface area contributed by atoms with E-state index in [4.69, 9.17) is 46.4 Å². The highest BCUT2D eigenvalue weighted by Crippen LogP contribution is 2.31. The van der Waals surface area contributed by atoms with E-state index in [1.54, 1.807) is 38.1 Å². The number of hydrogen-bond acceptors (Lipinski definition) is 4. The van der Waals surface area contributed by atoms with Gasteiger partial charge in [-0.05, 0) is 68.3 Å². The number of hydrogen-bond donors (Lipinski definition) is 1. The second-order valence-corrected chi connectivity index (χ2v) is 12.6. The largest absolute Gasteiger partial charge is 0.355 e. The third kappa shape index (κ3) is 7.83. The maximum absolute atomic E-state index is 14.0. The fourth-order valence-electron chi connectivity index (χ4n) is 4.09. The lowest BCUT2D eigenvalue weighted by molar-refractivity contribution is -0.140. The van der Waals surface area contributed by atoms with Crippen molar-refractivity contribution in [3.8, 4) is 0 Å². The number of halogens is 4. The summed E-state index contributed by atoms with van der Waals surface area (Å²) in [6.45, 7) is 5.04. The topological polar surface area (TPSA) is 86.8 Å². The molecule has 0 spiro atoms. The van der Waals surface area contributed by atoms with E-state index in [9.17, 15) is 18.0 Å². The van der Waals surface area contributed by atoms with Crippen LogP contribution in [0.15, 0.2) is 65.6 Å². The Morgan fingerprint density at radius 3 is 2.05 bits per heavy atom. The first-order valence-corrected chi connectivity index (χ1v) is 15.4. The third-order valence-corrected chi connectivity index (χ3v) is 8.93. The van der Waals surface area contributed by atoms with Crippen LogP contribution in [0.2, 0.25) is 20.1 Å². The number of aryl methyl sites for hydroxylation is 1. The molecule has 0 unspecified atom stereocenters. The molecule has 7 nitrogen and oxygen atoms in total. The molecule has 0 aromatic heterocycles. The summed E-state index contributed by atoms with van der Waals surface area (Å²) in [5.41, 5.74) is 1.51. The molecule has 0 radical (unpaired) electrons. The number of rotatable bonds is 11. The molecular formula is C28H29Cl4N3O4S. The maximum Gasteiger partial charge on any atom is 0.264 e. The molecule has 40 heavy (non-hydrogen) atoms. The van der Waals surface area contributed by atoms with E-state index in [0.717, 1.165) is 9.87 Å². The van der Waals surface area contributed by atoms with Gasteiger partial charge in [0.1, 0.15) is 12.6 Å². The van der Waals surface area contributed by atoms with Crippen molar-refractivity contribution in [3.63, 3.8) is 0 Å². The summed E-state index contributed by atoms with van der Waals surface area (Å²) in [6, 6.07) is 14.5. The zero-order valence-corrected chi connectivity index (χ0v) is 26.0. The van der Waals surface area contributed by atoms with Crippen LogP contribution in [0.5, 0.6) is 0 Å². The Balaban J connectivity index is 2.11. The van der Waals surface area contributed by atoms with Gasteiger partial charge in [0.05, 0.1) is 10.6 Å². The van der Waals surface area contributed by atoms with Gasteiger partial charge in [0, 0.05) is 33.2 Å². The van der Waals surface area contributed by atoms with Crippen molar-refractivity contribution in [2.75, 3.05) is 17.4 Å². The molecule has 0 fully saturated rings. The van der Waals surface area contributed by atoms with Gasteiger partial charge in [0.2, 0.25) is 11.8 Å². The van der Waals surface area contributed by atoms with Crippen LogP contribution in [0.25, 0.3) is 0 Å². The molecule has 0 saturated carbocycles. The van der Waals surface area contributed by atoms with Gasteiger partial charge in [-0.1, -0.05) is 77.1 Å². The molecule has 3 aromatic rings. The number of carbonyl (C=O) groups excluding carboxylic acids is 2. The van der Waals surface area contributed by atoms with Crippen LogP contribution in [-0.4, -0.2) is 44.3 Å². The Hall–Kier alpha value is -2.49. The minimum absolute atomic E-state index is 0.0231. The molecular weight excluding hydrogens is 616 g/mol. The Morgan fingerprint density at radius 1 is 0.875 bits per heavy atom. The number of likely N-dealkylation sites (N-methyl/N-ethyl adjacent to an activating group) is 1. The van der Waals surface area contributed by atoms with E-state index in [1.807, 2.05) is 6.92 Å². The van der Waals surface area contributed by atoms with Gasteiger partial charge in [0.15, 0.2) is 0 Å². The summed E-state index contributed by atoms with van der Waals surface area (Å²) in [4.78, 5) is 28.3. The molecule has 1 N–H and O–H groups in total. The van der Waals surface area contributed by atoms with E-state index in [-0.39, 0.29) is 39.5 Å².